The molecule has 0 radical (unpaired) electrons. The number of thioether (sulfide) groups is 1. The highest BCUT2D eigenvalue weighted by Crippen LogP contribution is 2.24. The second kappa shape index (κ2) is 9.18. The fourth-order valence-electron chi connectivity index (χ4n) is 3.32. The Morgan fingerprint density at radius 2 is 1.93 bits per heavy atom. The Morgan fingerprint density at radius 3 is 2.64 bits per heavy atom. The van der Waals surface area contributed by atoms with Crippen LogP contribution in [-0.2, 0) is 11.8 Å². The number of benzene rings is 1. The van der Waals surface area contributed by atoms with Gasteiger partial charge in [-0.2, -0.15) is 0 Å². The van der Waals surface area contributed by atoms with Crippen LogP contribution in [-0.4, -0.2) is 38.5 Å². The zero-order chi connectivity index (χ0) is 20.1. The number of hydrogen-bond donors (Lipinski definition) is 2. The fraction of sp³-hybridized carbons (Fsp3) is 0.474. The van der Waals surface area contributed by atoms with E-state index in [4.69, 9.17) is 0 Å². The summed E-state index contributed by atoms with van der Waals surface area (Å²) in [6.07, 6.45) is 4.33. The molecule has 1 saturated carbocycles. The van der Waals surface area contributed by atoms with Gasteiger partial charge in [-0.3, -0.25) is 10.1 Å². The van der Waals surface area contributed by atoms with Gasteiger partial charge in [0.15, 0.2) is 11.0 Å². The predicted molar refractivity (Wildman–Crippen MR) is 105 cm³/mol. The van der Waals surface area contributed by atoms with Crippen LogP contribution in [0.25, 0.3) is 11.4 Å². The quantitative estimate of drug-likeness (QED) is 0.746. The summed E-state index contributed by atoms with van der Waals surface area (Å²) in [5, 5.41) is 14.0. The number of urea groups is 1. The molecule has 2 N–H and O–H groups in total. The lowest BCUT2D eigenvalue weighted by atomic mass is 9.86. The van der Waals surface area contributed by atoms with Gasteiger partial charge in [-0.1, -0.05) is 31.5 Å². The Bertz CT molecular complexity index is 839. The van der Waals surface area contributed by atoms with Crippen molar-refractivity contribution >= 4 is 23.7 Å². The lowest BCUT2D eigenvalue weighted by Gasteiger charge is -2.29. The molecule has 1 aliphatic carbocycles. The maximum atomic E-state index is 13.1. The van der Waals surface area contributed by atoms with Gasteiger partial charge in [0.2, 0.25) is 5.91 Å². The number of rotatable bonds is 5. The van der Waals surface area contributed by atoms with Crippen LogP contribution in [0.4, 0.5) is 9.18 Å². The summed E-state index contributed by atoms with van der Waals surface area (Å²) in [4.78, 5) is 24.1. The smallest absolute Gasteiger partial charge is 0.321 e. The molecule has 0 saturated heterocycles. The number of halogens is 1. The van der Waals surface area contributed by atoms with E-state index in [0.29, 0.717) is 16.9 Å². The van der Waals surface area contributed by atoms with Crippen LogP contribution in [0.1, 0.15) is 32.6 Å². The van der Waals surface area contributed by atoms with E-state index in [1.165, 1.54) is 30.3 Å². The first-order chi connectivity index (χ1) is 13.4. The van der Waals surface area contributed by atoms with Gasteiger partial charge in [-0.15, -0.1) is 10.2 Å². The third-order valence-electron chi connectivity index (χ3n) is 4.95. The number of nitrogens with zero attached hydrogens (tertiary/aromatic N) is 3. The minimum Gasteiger partial charge on any atom is -0.335 e. The van der Waals surface area contributed by atoms with Crippen LogP contribution in [0.3, 0.4) is 0 Å². The summed E-state index contributed by atoms with van der Waals surface area (Å²) >= 11 is 1.19. The number of aromatic nitrogens is 3. The lowest BCUT2D eigenvalue weighted by Crippen LogP contribution is -2.48. The maximum absolute atomic E-state index is 13.1. The summed E-state index contributed by atoms with van der Waals surface area (Å²) in [6, 6.07) is 5.63. The van der Waals surface area contributed by atoms with Crippen LogP contribution in [0.5, 0.6) is 0 Å². The monoisotopic (exact) mass is 405 g/mol. The number of hydrogen-bond acceptors (Lipinski definition) is 5. The van der Waals surface area contributed by atoms with Crippen molar-refractivity contribution in [1.29, 1.82) is 0 Å². The van der Waals surface area contributed by atoms with Crippen LogP contribution >= 0.6 is 11.8 Å². The molecule has 2 atom stereocenters. The Labute approximate surface area is 167 Å². The van der Waals surface area contributed by atoms with Crippen LogP contribution in [0.2, 0.25) is 0 Å². The van der Waals surface area contributed by atoms with Crippen molar-refractivity contribution in [3.8, 4) is 11.4 Å². The molecule has 150 valence electrons. The van der Waals surface area contributed by atoms with Gasteiger partial charge in [-0.05, 0) is 43.0 Å². The highest BCUT2D eigenvalue weighted by molar-refractivity contribution is 7.99. The van der Waals surface area contributed by atoms with E-state index in [0.717, 1.165) is 24.8 Å². The van der Waals surface area contributed by atoms with Crippen molar-refractivity contribution in [3.63, 3.8) is 0 Å². The molecule has 3 amide bonds. The second-order valence-corrected chi connectivity index (χ2v) is 7.99. The first-order valence-corrected chi connectivity index (χ1v) is 10.3. The summed E-state index contributed by atoms with van der Waals surface area (Å²) < 4.78 is 14.8. The highest BCUT2D eigenvalue weighted by atomic mass is 32.2. The fourth-order valence-corrected chi connectivity index (χ4v) is 4.03. The topological polar surface area (TPSA) is 88.9 Å². The molecule has 1 aromatic heterocycles. The summed E-state index contributed by atoms with van der Waals surface area (Å²) in [6.45, 7) is 2.12. The first kappa shape index (κ1) is 20.3. The average Bonchev–Trinajstić information content (AvgIpc) is 3.03. The number of carbonyl (C=O) groups excluding carboxylic acids is 2. The SMILES string of the molecule is CC1CCCCC1NC(=O)NC(=O)CSc1nnc(-c2ccc(F)cc2)n1C. The molecule has 7 nitrogen and oxygen atoms in total. The minimum atomic E-state index is -0.450. The second-order valence-electron chi connectivity index (χ2n) is 7.05. The number of amides is 3. The lowest BCUT2D eigenvalue weighted by molar-refractivity contribution is -0.117. The van der Waals surface area contributed by atoms with E-state index in [-0.39, 0.29) is 17.6 Å². The van der Waals surface area contributed by atoms with Gasteiger partial charge in [0.1, 0.15) is 5.82 Å². The van der Waals surface area contributed by atoms with Crippen molar-refractivity contribution in [2.45, 2.75) is 43.8 Å². The van der Waals surface area contributed by atoms with E-state index >= 15 is 0 Å². The summed E-state index contributed by atoms with van der Waals surface area (Å²) in [7, 11) is 1.77. The predicted octanol–water partition coefficient (Wildman–Crippen LogP) is 3.12. The molecule has 28 heavy (non-hydrogen) atoms. The zero-order valence-electron chi connectivity index (χ0n) is 15.9. The molecular weight excluding hydrogens is 381 g/mol. The standard InChI is InChI=1S/C19H24FN5O2S/c1-12-5-3-4-6-15(12)21-18(27)22-16(26)11-28-19-24-23-17(25(19)2)13-7-9-14(20)10-8-13/h7-10,12,15H,3-6,11H2,1-2H3,(H2,21,22,26,27). The van der Waals surface area contributed by atoms with Crippen LogP contribution in [0, 0.1) is 11.7 Å². The van der Waals surface area contributed by atoms with Crippen molar-refractivity contribution < 1.29 is 14.0 Å². The molecule has 1 heterocycles. The average molecular weight is 405 g/mol. The van der Waals surface area contributed by atoms with Crippen LogP contribution in [0.15, 0.2) is 29.4 Å². The molecule has 3 rings (SSSR count). The molecule has 0 spiro atoms. The van der Waals surface area contributed by atoms with Gasteiger partial charge in [-0.25, -0.2) is 9.18 Å². The Hall–Kier alpha value is -2.42. The van der Waals surface area contributed by atoms with Gasteiger partial charge in [0.25, 0.3) is 0 Å². The number of nitrogens with one attached hydrogen (secondary N) is 2. The zero-order valence-corrected chi connectivity index (χ0v) is 16.8. The van der Waals surface area contributed by atoms with Crippen molar-refractivity contribution in [1.82, 2.24) is 25.4 Å². The Kier molecular flexibility index (Phi) is 6.66. The largest absolute Gasteiger partial charge is 0.335 e. The van der Waals surface area contributed by atoms with Crippen molar-refractivity contribution in [3.05, 3.63) is 30.1 Å². The van der Waals surface area contributed by atoms with E-state index in [1.807, 2.05) is 0 Å². The maximum Gasteiger partial charge on any atom is 0.321 e. The molecule has 1 fully saturated rings. The molecule has 1 aromatic carbocycles. The van der Waals surface area contributed by atoms with Crippen molar-refractivity contribution in [2.24, 2.45) is 13.0 Å². The van der Waals surface area contributed by atoms with Crippen LogP contribution < -0.4 is 10.6 Å². The van der Waals surface area contributed by atoms with Gasteiger partial charge >= 0.3 is 6.03 Å². The molecule has 2 aromatic rings. The van der Waals surface area contributed by atoms with E-state index in [2.05, 4.69) is 27.8 Å². The van der Waals surface area contributed by atoms with E-state index in [1.54, 1.807) is 23.7 Å². The first-order valence-electron chi connectivity index (χ1n) is 9.32. The third kappa shape index (κ3) is 5.09. The molecule has 0 aliphatic heterocycles. The Morgan fingerprint density at radius 1 is 1.21 bits per heavy atom. The molecule has 9 heteroatoms. The van der Waals surface area contributed by atoms with E-state index in [9.17, 15) is 14.0 Å². The highest BCUT2D eigenvalue weighted by Gasteiger charge is 2.23. The van der Waals surface area contributed by atoms with Gasteiger partial charge in [0, 0.05) is 18.7 Å². The molecule has 0 bridgehead atoms. The number of carbonyl (C=O) groups is 2. The molecular formula is C19H24FN5O2S. The number of imide groups is 1. The minimum absolute atomic E-state index is 0.0447. The van der Waals surface area contributed by atoms with Gasteiger partial charge in [0.05, 0.1) is 5.75 Å². The Balaban J connectivity index is 1.50. The molecule has 2 unspecified atom stereocenters. The molecule has 1 aliphatic rings. The summed E-state index contributed by atoms with van der Waals surface area (Å²) in [5.41, 5.74) is 0.730. The normalized spacial score (nSPS) is 19.2. The van der Waals surface area contributed by atoms with E-state index < -0.39 is 11.9 Å². The van der Waals surface area contributed by atoms with Gasteiger partial charge < -0.3 is 9.88 Å². The summed E-state index contributed by atoms with van der Waals surface area (Å²) in [5.74, 6) is 0.332. The third-order valence-corrected chi connectivity index (χ3v) is 5.97. The van der Waals surface area contributed by atoms with Crippen molar-refractivity contribution in [2.75, 3.05) is 5.75 Å².